The average Bonchev–Trinajstić information content (AvgIpc) is 3.36. The van der Waals surface area contributed by atoms with Crippen LogP contribution in [0.4, 0.5) is 4.79 Å². The van der Waals surface area contributed by atoms with E-state index in [0.29, 0.717) is 25.2 Å². The lowest BCUT2D eigenvalue weighted by Crippen LogP contribution is -2.34. The van der Waals surface area contributed by atoms with Crippen LogP contribution >= 0.6 is 11.3 Å². The summed E-state index contributed by atoms with van der Waals surface area (Å²) in [6.07, 6.45) is 3.74. The zero-order chi connectivity index (χ0) is 21.6. The second-order valence-electron chi connectivity index (χ2n) is 7.59. The van der Waals surface area contributed by atoms with Crippen molar-refractivity contribution in [2.75, 3.05) is 13.1 Å². The first-order chi connectivity index (χ1) is 14.3. The summed E-state index contributed by atoms with van der Waals surface area (Å²) in [5.41, 5.74) is 1.64. The van der Waals surface area contributed by atoms with Gasteiger partial charge in [0.2, 0.25) is 0 Å². The molecule has 0 bridgehead atoms. The summed E-state index contributed by atoms with van der Waals surface area (Å²) in [4.78, 5) is 28.3. The van der Waals surface area contributed by atoms with Gasteiger partial charge in [-0.1, -0.05) is 18.2 Å². The highest BCUT2D eigenvalue weighted by atomic mass is 32.1. The molecule has 2 N–H and O–H groups in total. The van der Waals surface area contributed by atoms with Crippen molar-refractivity contribution in [2.24, 2.45) is 0 Å². The van der Waals surface area contributed by atoms with Crippen molar-refractivity contribution in [2.45, 2.75) is 32.8 Å². The first-order valence-corrected chi connectivity index (χ1v) is 10.5. The number of hydrogen-bond acceptors (Lipinski definition) is 6. The van der Waals surface area contributed by atoms with Crippen molar-refractivity contribution < 1.29 is 14.3 Å². The molecular formula is C21H25N5O3S. The van der Waals surface area contributed by atoms with Gasteiger partial charge < -0.3 is 15.4 Å². The summed E-state index contributed by atoms with van der Waals surface area (Å²) in [5, 5.41) is 12.3. The predicted octanol–water partition coefficient (Wildman–Crippen LogP) is 3.64. The molecule has 0 saturated carbocycles. The van der Waals surface area contributed by atoms with Crippen molar-refractivity contribution in [1.29, 1.82) is 0 Å². The van der Waals surface area contributed by atoms with Crippen LogP contribution < -0.4 is 10.6 Å². The van der Waals surface area contributed by atoms with Crippen LogP contribution in [0.1, 0.15) is 37.7 Å². The number of para-hydroxylation sites is 1. The molecule has 8 nitrogen and oxygen atoms in total. The Hall–Kier alpha value is -3.20. The van der Waals surface area contributed by atoms with Crippen LogP contribution in [0.5, 0.6) is 0 Å². The molecule has 0 radical (unpaired) electrons. The number of carbonyl (C=O) groups is 2. The number of nitrogens with one attached hydrogen (secondary N) is 2. The van der Waals surface area contributed by atoms with Crippen molar-refractivity contribution in [3.8, 4) is 16.3 Å². The Morgan fingerprint density at radius 2 is 1.87 bits per heavy atom. The van der Waals surface area contributed by atoms with Crippen molar-refractivity contribution in [3.05, 3.63) is 53.8 Å². The van der Waals surface area contributed by atoms with E-state index < -0.39 is 11.7 Å². The van der Waals surface area contributed by atoms with E-state index in [1.807, 2.05) is 57.3 Å². The minimum absolute atomic E-state index is 0.245. The third kappa shape index (κ3) is 6.15. The van der Waals surface area contributed by atoms with Gasteiger partial charge in [-0.25, -0.2) is 14.5 Å². The number of alkyl carbamates (subject to hydrolysis) is 1. The number of benzene rings is 1. The van der Waals surface area contributed by atoms with Crippen LogP contribution in [0.15, 0.2) is 48.1 Å². The van der Waals surface area contributed by atoms with Crippen LogP contribution in [0.25, 0.3) is 16.3 Å². The standard InChI is InChI=1S/C21H25N5O3S/c1-21(2,3)29-20(28)23-11-7-10-22-18(27)17-14-30-19(25-17)15-12-24-26(13-15)16-8-5-4-6-9-16/h4-6,8-9,12-14H,7,10-11H2,1-3H3,(H,22,27)(H,23,28). The maximum Gasteiger partial charge on any atom is 0.407 e. The molecule has 30 heavy (non-hydrogen) atoms. The molecule has 0 fully saturated rings. The molecule has 0 spiro atoms. The normalized spacial score (nSPS) is 11.2. The highest BCUT2D eigenvalue weighted by Crippen LogP contribution is 2.24. The Bertz CT molecular complexity index is 991. The summed E-state index contributed by atoms with van der Waals surface area (Å²) in [6, 6.07) is 9.79. The molecule has 0 saturated heterocycles. The van der Waals surface area contributed by atoms with E-state index in [4.69, 9.17) is 4.74 Å². The average molecular weight is 428 g/mol. The summed E-state index contributed by atoms with van der Waals surface area (Å²) in [6.45, 7) is 6.26. The van der Waals surface area contributed by atoms with E-state index in [2.05, 4.69) is 20.7 Å². The van der Waals surface area contributed by atoms with Crippen molar-refractivity contribution in [1.82, 2.24) is 25.4 Å². The summed E-state index contributed by atoms with van der Waals surface area (Å²) in [7, 11) is 0. The van der Waals surface area contributed by atoms with Crippen LogP contribution in [-0.2, 0) is 4.74 Å². The first-order valence-electron chi connectivity index (χ1n) is 9.63. The van der Waals surface area contributed by atoms with Crippen molar-refractivity contribution >= 4 is 23.3 Å². The van der Waals surface area contributed by atoms with Gasteiger partial charge in [-0.2, -0.15) is 5.10 Å². The van der Waals surface area contributed by atoms with Crippen LogP contribution in [0, 0.1) is 0 Å². The number of rotatable bonds is 7. The number of carbonyl (C=O) groups excluding carboxylic acids is 2. The Balaban J connectivity index is 1.46. The fourth-order valence-electron chi connectivity index (χ4n) is 2.55. The van der Waals surface area contributed by atoms with E-state index >= 15 is 0 Å². The summed E-state index contributed by atoms with van der Waals surface area (Å²) < 4.78 is 6.93. The van der Waals surface area contributed by atoms with E-state index in [9.17, 15) is 9.59 Å². The Morgan fingerprint density at radius 1 is 1.13 bits per heavy atom. The number of amides is 2. The number of hydrogen-bond donors (Lipinski definition) is 2. The first kappa shape index (κ1) is 21.5. The molecule has 1 aromatic carbocycles. The van der Waals surface area contributed by atoms with Gasteiger partial charge in [0.25, 0.3) is 5.91 Å². The van der Waals surface area contributed by atoms with E-state index in [-0.39, 0.29) is 5.91 Å². The van der Waals surface area contributed by atoms with Gasteiger partial charge >= 0.3 is 6.09 Å². The smallest absolute Gasteiger partial charge is 0.407 e. The molecule has 0 atom stereocenters. The Labute approximate surface area is 179 Å². The van der Waals surface area contributed by atoms with Gasteiger partial charge in [0.05, 0.1) is 11.9 Å². The zero-order valence-electron chi connectivity index (χ0n) is 17.2. The minimum atomic E-state index is -0.530. The van der Waals surface area contributed by atoms with Crippen LogP contribution in [0.2, 0.25) is 0 Å². The molecule has 0 unspecified atom stereocenters. The topological polar surface area (TPSA) is 98.1 Å². The molecule has 0 aliphatic carbocycles. The zero-order valence-corrected chi connectivity index (χ0v) is 18.0. The Kier molecular flexibility index (Phi) is 6.83. The summed E-state index contributed by atoms with van der Waals surface area (Å²) in [5.74, 6) is -0.245. The van der Waals surface area contributed by atoms with Gasteiger partial charge in [-0.05, 0) is 39.3 Å². The quantitative estimate of drug-likeness (QED) is 0.561. The second-order valence-corrected chi connectivity index (χ2v) is 8.44. The molecule has 0 aliphatic heterocycles. The monoisotopic (exact) mass is 427 g/mol. The van der Waals surface area contributed by atoms with Gasteiger partial charge in [0.15, 0.2) is 0 Å². The van der Waals surface area contributed by atoms with Crippen LogP contribution in [0.3, 0.4) is 0 Å². The third-order valence-corrected chi connectivity index (χ3v) is 4.79. The predicted molar refractivity (Wildman–Crippen MR) is 116 cm³/mol. The highest BCUT2D eigenvalue weighted by molar-refractivity contribution is 7.13. The Morgan fingerprint density at radius 3 is 2.60 bits per heavy atom. The number of ether oxygens (including phenoxy) is 1. The lowest BCUT2D eigenvalue weighted by atomic mass is 10.2. The lowest BCUT2D eigenvalue weighted by Gasteiger charge is -2.19. The minimum Gasteiger partial charge on any atom is -0.444 e. The summed E-state index contributed by atoms with van der Waals surface area (Å²) >= 11 is 1.39. The molecule has 3 rings (SSSR count). The molecular weight excluding hydrogens is 402 g/mol. The SMILES string of the molecule is CC(C)(C)OC(=O)NCCCNC(=O)c1csc(-c2cnn(-c3ccccc3)c2)n1. The second kappa shape index (κ2) is 9.53. The van der Waals surface area contributed by atoms with Gasteiger partial charge in [-0.15, -0.1) is 11.3 Å². The number of nitrogens with zero attached hydrogens (tertiary/aromatic N) is 3. The molecule has 0 aliphatic rings. The van der Waals surface area contributed by atoms with E-state index in [1.54, 1.807) is 16.3 Å². The fourth-order valence-corrected chi connectivity index (χ4v) is 3.33. The molecule has 3 aromatic rings. The molecule has 2 amide bonds. The third-order valence-electron chi connectivity index (χ3n) is 3.89. The number of thiazole rings is 1. The van der Waals surface area contributed by atoms with Gasteiger partial charge in [0, 0.05) is 30.2 Å². The molecule has 2 aromatic heterocycles. The van der Waals surface area contributed by atoms with Gasteiger partial charge in [-0.3, -0.25) is 4.79 Å². The largest absolute Gasteiger partial charge is 0.444 e. The van der Waals surface area contributed by atoms with Crippen LogP contribution in [-0.4, -0.2) is 45.5 Å². The van der Waals surface area contributed by atoms with E-state index in [0.717, 1.165) is 16.3 Å². The molecule has 2 heterocycles. The fraction of sp³-hybridized carbons (Fsp3) is 0.333. The van der Waals surface area contributed by atoms with E-state index in [1.165, 1.54) is 11.3 Å². The maximum atomic E-state index is 12.3. The molecule has 9 heteroatoms. The molecule has 158 valence electrons. The number of aromatic nitrogens is 3. The van der Waals surface area contributed by atoms with Crippen molar-refractivity contribution in [3.63, 3.8) is 0 Å². The maximum absolute atomic E-state index is 12.3. The van der Waals surface area contributed by atoms with Gasteiger partial charge in [0.1, 0.15) is 16.3 Å². The highest BCUT2D eigenvalue weighted by Gasteiger charge is 2.16. The lowest BCUT2D eigenvalue weighted by molar-refractivity contribution is 0.0527.